The van der Waals surface area contributed by atoms with E-state index in [0.29, 0.717) is 35.6 Å². The van der Waals surface area contributed by atoms with E-state index in [2.05, 4.69) is 9.97 Å². The van der Waals surface area contributed by atoms with Crippen LogP contribution in [0.3, 0.4) is 0 Å². The first-order valence-electron chi connectivity index (χ1n) is 8.86. The van der Waals surface area contributed by atoms with E-state index in [9.17, 15) is 14.0 Å². The van der Waals surface area contributed by atoms with Gasteiger partial charge in [-0.15, -0.1) is 0 Å². The van der Waals surface area contributed by atoms with Crippen molar-refractivity contribution in [3.8, 4) is 17.1 Å². The average Bonchev–Trinajstić information content (AvgIpc) is 2.73. The third kappa shape index (κ3) is 3.38. The van der Waals surface area contributed by atoms with Gasteiger partial charge in [0.1, 0.15) is 17.4 Å². The second kappa shape index (κ2) is 7.26. The highest BCUT2D eigenvalue weighted by molar-refractivity contribution is 5.94. The van der Waals surface area contributed by atoms with Crippen LogP contribution < -0.4 is 10.3 Å². The van der Waals surface area contributed by atoms with Crippen LogP contribution in [0.2, 0.25) is 0 Å². The summed E-state index contributed by atoms with van der Waals surface area (Å²) in [6, 6.07) is 12.7. The Labute approximate surface area is 160 Å². The number of nitrogens with one attached hydrogen (secondary N) is 1. The molecule has 1 N–H and O–H groups in total. The van der Waals surface area contributed by atoms with E-state index in [1.807, 2.05) is 12.1 Å². The number of halogens is 1. The van der Waals surface area contributed by atoms with E-state index >= 15 is 0 Å². The largest absolute Gasteiger partial charge is 0.497 e. The van der Waals surface area contributed by atoms with Crippen LogP contribution in [-0.2, 0) is 13.0 Å². The zero-order chi connectivity index (χ0) is 19.7. The molecule has 0 aliphatic carbocycles. The maximum atomic E-state index is 13.1. The third-order valence-corrected chi connectivity index (χ3v) is 4.81. The second-order valence-corrected chi connectivity index (χ2v) is 6.55. The third-order valence-electron chi connectivity index (χ3n) is 4.81. The number of carbonyl (C=O) groups is 1. The monoisotopic (exact) mass is 379 g/mol. The van der Waals surface area contributed by atoms with Gasteiger partial charge in [0.05, 0.1) is 24.9 Å². The van der Waals surface area contributed by atoms with Crippen molar-refractivity contribution in [2.75, 3.05) is 13.7 Å². The van der Waals surface area contributed by atoms with Crippen molar-refractivity contribution in [2.24, 2.45) is 0 Å². The zero-order valence-corrected chi connectivity index (χ0v) is 15.2. The molecular formula is C21H18FN3O3. The molecule has 1 aromatic heterocycles. The lowest BCUT2D eigenvalue weighted by Crippen LogP contribution is -2.39. The van der Waals surface area contributed by atoms with Gasteiger partial charge in [0.2, 0.25) is 0 Å². The summed E-state index contributed by atoms with van der Waals surface area (Å²) in [5, 5.41) is 0. The molecule has 0 bridgehead atoms. The summed E-state index contributed by atoms with van der Waals surface area (Å²) >= 11 is 0. The number of hydrogen-bond donors (Lipinski definition) is 1. The normalized spacial score (nSPS) is 13.1. The number of carbonyl (C=O) groups excluding carboxylic acids is 1. The highest BCUT2D eigenvalue weighted by Crippen LogP contribution is 2.22. The summed E-state index contributed by atoms with van der Waals surface area (Å²) in [6.07, 6.45) is 0.481. The SMILES string of the molecule is COc1ccc(-c2nc3c(c(=O)[nH]2)CN(C(=O)c2ccc(F)cc2)CC3)cc1. The van der Waals surface area contributed by atoms with Crippen LogP contribution in [0.5, 0.6) is 5.75 Å². The lowest BCUT2D eigenvalue weighted by molar-refractivity contribution is 0.0732. The Kier molecular flexibility index (Phi) is 4.65. The molecule has 28 heavy (non-hydrogen) atoms. The van der Waals surface area contributed by atoms with Crippen LogP contribution in [0.1, 0.15) is 21.6 Å². The number of fused-ring (bicyclic) bond motifs is 1. The van der Waals surface area contributed by atoms with Gasteiger partial charge in [-0.3, -0.25) is 9.59 Å². The van der Waals surface area contributed by atoms with E-state index in [4.69, 9.17) is 4.74 Å². The predicted octanol–water partition coefficient (Wildman–Crippen LogP) is 2.78. The fraction of sp³-hybridized carbons (Fsp3) is 0.190. The molecule has 1 aliphatic rings. The molecule has 7 heteroatoms. The summed E-state index contributed by atoms with van der Waals surface area (Å²) in [5.41, 5.74) is 2.10. The maximum absolute atomic E-state index is 13.1. The number of aromatic nitrogens is 2. The number of H-pyrrole nitrogens is 1. The second-order valence-electron chi connectivity index (χ2n) is 6.55. The van der Waals surface area contributed by atoms with Gasteiger partial charge < -0.3 is 14.6 Å². The van der Waals surface area contributed by atoms with Crippen molar-refractivity contribution < 1.29 is 13.9 Å². The van der Waals surface area contributed by atoms with Crippen LogP contribution in [0.4, 0.5) is 4.39 Å². The number of rotatable bonds is 3. The summed E-state index contributed by atoms with van der Waals surface area (Å²) in [4.78, 5) is 34.2. The maximum Gasteiger partial charge on any atom is 0.256 e. The number of methoxy groups -OCH3 is 1. The first-order chi connectivity index (χ1) is 13.5. The number of amides is 1. The van der Waals surface area contributed by atoms with Crippen molar-refractivity contribution in [3.05, 3.63) is 81.5 Å². The minimum absolute atomic E-state index is 0.177. The molecule has 3 aromatic rings. The highest BCUT2D eigenvalue weighted by atomic mass is 19.1. The summed E-state index contributed by atoms with van der Waals surface area (Å²) in [6.45, 7) is 0.623. The van der Waals surface area contributed by atoms with Gasteiger partial charge in [0.15, 0.2) is 0 Å². The minimum atomic E-state index is -0.396. The Balaban J connectivity index is 1.60. The number of aromatic amines is 1. The van der Waals surface area contributed by atoms with E-state index in [-0.39, 0.29) is 18.0 Å². The lowest BCUT2D eigenvalue weighted by Gasteiger charge is -2.28. The van der Waals surface area contributed by atoms with Gasteiger partial charge in [0, 0.05) is 24.1 Å². The van der Waals surface area contributed by atoms with Gasteiger partial charge in [0.25, 0.3) is 11.5 Å². The fourth-order valence-corrected chi connectivity index (χ4v) is 3.26. The van der Waals surface area contributed by atoms with E-state index in [0.717, 1.165) is 11.3 Å². The Morgan fingerprint density at radius 1 is 1.14 bits per heavy atom. The van der Waals surface area contributed by atoms with Gasteiger partial charge in [-0.25, -0.2) is 9.37 Å². The van der Waals surface area contributed by atoms with Gasteiger partial charge in [-0.05, 0) is 48.5 Å². The van der Waals surface area contributed by atoms with Gasteiger partial charge in [-0.2, -0.15) is 0 Å². The van der Waals surface area contributed by atoms with Gasteiger partial charge in [-0.1, -0.05) is 0 Å². The molecule has 0 atom stereocenters. The summed E-state index contributed by atoms with van der Waals surface area (Å²) < 4.78 is 18.2. The fourth-order valence-electron chi connectivity index (χ4n) is 3.26. The summed E-state index contributed by atoms with van der Waals surface area (Å²) in [5.74, 6) is 0.584. The quantitative estimate of drug-likeness (QED) is 0.759. The number of hydrogen-bond acceptors (Lipinski definition) is 4. The van der Waals surface area contributed by atoms with Crippen molar-refractivity contribution in [3.63, 3.8) is 0 Å². The molecule has 2 aromatic carbocycles. The average molecular weight is 379 g/mol. The van der Waals surface area contributed by atoms with Crippen LogP contribution in [0, 0.1) is 5.82 Å². The first kappa shape index (κ1) is 17.9. The lowest BCUT2D eigenvalue weighted by atomic mass is 10.0. The van der Waals surface area contributed by atoms with Crippen molar-refractivity contribution >= 4 is 5.91 Å². The Morgan fingerprint density at radius 2 is 1.86 bits per heavy atom. The molecular weight excluding hydrogens is 361 g/mol. The molecule has 0 saturated heterocycles. The molecule has 1 aliphatic heterocycles. The standard InChI is InChI=1S/C21H18FN3O3/c1-28-16-8-4-13(5-9-16)19-23-18-10-11-25(12-17(18)20(26)24-19)21(27)14-2-6-15(22)7-3-14/h2-9H,10-12H2,1H3,(H,23,24,26). The predicted molar refractivity (Wildman–Crippen MR) is 102 cm³/mol. The number of benzene rings is 2. The molecule has 4 rings (SSSR count). The summed E-state index contributed by atoms with van der Waals surface area (Å²) in [7, 11) is 1.59. The van der Waals surface area contributed by atoms with E-state index in [1.54, 1.807) is 24.1 Å². The molecule has 0 unspecified atom stereocenters. The molecule has 0 radical (unpaired) electrons. The number of ether oxygens (including phenoxy) is 1. The van der Waals surface area contributed by atoms with Crippen molar-refractivity contribution in [2.45, 2.75) is 13.0 Å². The van der Waals surface area contributed by atoms with E-state index in [1.165, 1.54) is 24.3 Å². The smallest absolute Gasteiger partial charge is 0.256 e. The molecule has 0 fully saturated rings. The first-order valence-corrected chi connectivity index (χ1v) is 8.86. The molecule has 0 spiro atoms. The Hall–Kier alpha value is -3.48. The van der Waals surface area contributed by atoms with Crippen molar-refractivity contribution in [1.29, 1.82) is 0 Å². The highest BCUT2D eigenvalue weighted by Gasteiger charge is 2.25. The molecule has 1 amide bonds. The zero-order valence-electron chi connectivity index (χ0n) is 15.2. The molecule has 2 heterocycles. The molecule has 6 nitrogen and oxygen atoms in total. The minimum Gasteiger partial charge on any atom is -0.497 e. The molecule has 142 valence electrons. The molecule has 0 saturated carbocycles. The van der Waals surface area contributed by atoms with Gasteiger partial charge >= 0.3 is 0 Å². The Morgan fingerprint density at radius 3 is 2.54 bits per heavy atom. The van der Waals surface area contributed by atoms with Crippen LogP contribution in [0.15, 0.2) is 53.3 Å². The van der Waals surface area contributed by atoms with Crippen molar-refractivity contribution in [1.82, 2.24) is 14.9 Å². The van der Waals surface area contributed by atoms with Crippen LogP contribution in [-0.4, -0.2) is 34.4 Å². The van der Waals surface area contributed by atoms with Crippen LogP contribution in [0.25, 0.3) is 11.4 Å². The Bertz CT molecular complexity index is 1080. The van der Waals surface area contributed by atoms with E-state index < -0.39 is 5.82 Å². The number of nitrogens with zero attached hydrogens (tertiary/aromatic N) is 2. The van der Waals surface area contributed by atoms with Crippen LogP contribution >= 0.6 is 0 Å². The topological polar surface area (TPSA) is 75.3 Å².